The first-order valence-electron chi connectivity index (χ1n) is 15.4. The number of carbonyl (C=O) groups is 2. The summed E-state index contributed by atoms with van der Waals surface area (Å²) in [5.41, 5.74) is 8.13. The minimum atomic E-state index is -1.71. The van der Waals surface area contributed by atoms with Gasteiger partial charge >= 0.3 is 0 Å². The van der Waals surface area contributed by atoms with Gasteiger partial charge in [0, 0.05) is 31.7 Å². The predicted molar refractivity (Wildman–Crippen MR) is 166 cm³/mol. The number of carbonyl (C=O) groups excluding carboxylic acids is 2. The number of aliphatic hydroxyl groups excluding tert-OH is 4. The van der Waals surface area contributed by atoms with Crippen molar-refractivity contribution in [2.24, 2.45) is 5.73 Å². The summed E-state index contributed by atoms with van der Waals surface area (Å²) in [7, 11) is 1.24. The van der Waals surface area contributed by atoms with Crippen molar-refractivity contribution in [3.8, 4) is 22.6 Å². The lowest BCUT2D eigenvalue weighted by Gasteiger charge is -2.47. The van der Waals surface area contributed by atoms with Gasteiger partial charge in [0.15, 0.2) is 12.4 Å². The number of amides is 2. The van der Waals surface area contributed by atoms with Gasteiger partial charge in [0.2, 0.25) is 5.91 Å². The zero-order valence-electron chi connectivity index (χ0n) is 26.5. The second-order valence-corrected chi connectivity index (χ2v) is 11.8. The second kappa shape index (κ2) is 16.1. The average molecular weight is 664 g/mol. The number of methoxy groups -OCH3 is 1. The molecule has 0 spiro atoms. The van der Waals surface area contributed by atoms with Gasteiger partial charge < -0.3 is 66.0 Å². The van der Waals surface area contributed by atoms with Gasteiger partial charge in [-0.15, -0.1) is 0 Å². The number of rotatable bonds is 12. The van der Waals surface area contributed by atoms with Crippen molar-refractivity contribution in [2.75, 3.05) is 26.8 Å². The molecule has 15 nitrogen and oxygen atoms in total. The Labute approximate surface area is 272 Å². The Morgan fingerprint density at radius 3 is 2.09 bits per heavy atom. The van der Waals surface area contributed by atoms with Crippen LogP contribution in [0.2, 0.25) is 0 Å². The molecule has 2 aromatic carbocycles. The fourth-order valence-electron chi connectivity index (χ4n) is 5.97. The molecule has 0 aromatic heterocycles. The molecule has 0 radical (unpaired) electrons. The molecule has 2 aliphatic heterocycles. The first kappa shape index (κ1) is 36.5. The van der Waals surface area contributed by atoms with Crippen molar-refractivity contribution in [1.82, 2.24) is 10.6 Å². The maximum atomic E-state index is 13.4. The zero-order chi connectivity index (χ0) is 34.4. The van der Waals surface area contributed by atoms with Crippen LogP contribution in [0.1, 0.15) is 25.0 Å². The van der Waals surface area contributed by atoms with Crippen LogP contribution in [0, 0.1) is 0 Å². The maximum absolute atomic E-state index is 13.4. The third kappa shape index (κ3) is 8.38. The summed E-state index contributed by atoms with van der Waals surface area (Å²) in [6, 6.07) is 9.00. The van der Waals surface area contributed by atoms with Gasteiger partial charge in [0.1, 0.15) is 48.1 Å². The van der Waals surface area contributed by atoms with E-state index in [4.69, 9.17) is 24.7 Å². The lowest BCUT2D eigenvalue weighted by molar-refractivity contribution is -0.325. The standard InChI is InChI=1S/C32H45N3O12/c1-15-24(35-16(2)37)28(25(40)23(14-36)45-15)46-32-27(42)26(41)29(44-3)30(47-32)31(43)34-11-9-18-5-7-22(39)20(13-18)19-12-17(8-10-33)4-6-21(19)38/h4-7,12-13,15,23-30,32,36,38-42H,8-11,14,33H2,1-3H3,(H,34,43)(H,35,37). The van der Waals surface area contributed by atoms with Gasteiger partial charge in [-0.2, -0.15) is 0 Å². The van der Waals surface area contributed by atoms with Crippen LogP contribution < -0.4 is 16.4 Å². The predicted octanol–water partition coefficient (Wildman–Crippen LogP) is -1.58. The molecular weight excluding hydrogens is 618 g/mol. The van der Waals surface area contributed by atoms with Crippen LogP contribution in [0.5, 0.6) is 11.5 Å². The first-order chi connectivity index (χ1) is 22.4. The molecule has 2 saturated heterocycles. The smallest absolute Gasteiger partial charge is 0.252 e. The third-order valence-electron chi connectivity index (χ3n) is 8.44. The van der Waals surface area contributed by atoms with Crippen LogP contribution in [0.4, 0.5) is 0 Å². The van der Waals surface area contributed by atoms with E-state index >= 15 is 0 Å². The molecule has 0 aliphatic carbocycles. The molecule has 260 valence electrons. The SMILES string of the molecule is COC1C(C(=O)NCCc2ccc(O)c(-c3cc(CCN)ccc3O)c2)OC(OC2C(O)C(CO)OC(C)C2NC(C)=O)C(O)C1O. The molecule has 10 N–H and O–H groups in total. The van der Waals surface area contributed by atoms with Gasteiger partial charge in [-0.25, -0.2) is 0 Å². The number of hydrogen-bond acceptors (Lipinski definition) is 13. The van der Waals surface area contributed by atoms with E-state index in [0.717, 1.165) is 11.1 Å². The van der Waals surface area contributed by atoms with Crippen LogP contribution in [0.3, 0.4) is 0 Å². The van der Waals surface area contributed by atoms with Gasteiger partial charge in [0.05, 0.1) is 18.8 Å². The monoisotopic (exact) mass is 663 g/mol. The summed E-state index contributed by atoms with van der Waals surface area (Å²) in [4.78, 5) is 25.2. The van der Waals surface area contributed by atoms with Gasteiger partial charge in [-0.3, -0.25) is 9.59 Å². The molecule has 2 aromatic rings. The molecule has 15 heteroatoms. The highest BCUT2D eigenvalue weighted by atomic mass is 16.7. The normalized spacial score (nSPS) is 30.9. The van der Waals surface area contributed by atoms with E-state index in [1.165, 1.54) is 20.1 Å². The van der Waals surface area contributed by atoms with Gasteiger partial charge in [-0.05, 0) is 61.7 Å². The first-order valence-corrected chi connectivity index (χ1v) is 15.4. The largest absolute Gasteiger partial charge is 0.507 e. The zero-order valence-corrected chi connectivity index (χ0v) is 26.5. The summed E-state index contributed by atoms with van der Waals surface area (Å²) >= 11 is 0. The summed E-state index contributed by atoms with van der Waals surface area (Å²) in [6.45, 7) is 2.83. The highest BCUT2D eigenvalue weighted by Crippen LogP contribution is 2.37. The van der Waals surface area contributed by atoms with E-state index < -0.39 is 79.6 Å². The summed E-state index contributed by atoms with van der Waals surface area (Å²) < 4.78 is 22.6. The molecule has 2 fully saturated rings. The average Bonchev–Trinajstić information content (AvgIpc) is 3.04. The van der Waals surface area contributed by atoms with Crippen LogP contribution in [-0.4, -0.2) is 130 Å². The molecule has 2 heterocycles. The second-order valence-electron chi connectivity index (χ2n) is 11.8. The van der Waals surface area contributed by atoms with E-state index in [-0.39, 0.29) is 18.0 Å². The van der Waals surface area contributed by atoms with E-state index in [1.54, 1.807) is 37.3 Å². The van der Waals surface area contributed by atoms with Crippen molar-refractivity contribution in [3.63, 3.8) is 0 Å². The quantitative estimate of drug-likeness (QED) is 0.125. The van der Waals surface area contributed by atoms with Crippen molar-refractivity contribution in [2.45, 2.75) is 87.9 Å². The fourth-order valence-corrected chi connectivity index (χ4v) is 5.97. The van der Waals surface area contributed by atoms with Crippen LogP contribution >= 0.6 is 0 Å². The molecule has 2 aliphatic rings. The Bertz CT molecular complexity index is 1380. The van der Waals surface area contributed by atoms with E-state index in [1.807, 2.05) is 0 Å². The Morgan fingerprint density at radius 2 is 1.53 bits per heavy atom. The van der Waals surface area contributed by atoms with E-state index in [9.17, 15) is 40.2 Å². The Morgan fingerprint density at radius 1 is 0.915 bits per heavy atom. The third-order valence-corrected chi connectivity index (χ3v) is 8.44. The molecule has 0 bridgehead atoms. The van der Waals surface area contributed by atoms with E-state index in [0.29, 0.717) is 30.5 Å². The molecule has 0 saturated carbocycles. The van der Waals surface area contributed by atoms with Crippen molar-refractivity contribution >= 4 is 11.8 Å². The van der Waals surface area contributed by atoms with Crippen LogP contribution in [0.15, 0.2) is 36.4 Å². The lowest BCUT2D eigenvalue weighted by atomic mass is 9.92. The molecular formula is C32H45N3O12. The molecule has 10 atom stereocenters. The topological polar surface area (TPSA) is 243 Å². The molecule has 4 rings (SSSR count). The summed E-state index contributed by atoms with van der Waals surface area (Å²) in [5, 5.41) is 68.6. The molecule has 10 unspecified atom stereocenters. The highest BCUT2D eigenvalue weighted by molar-refractivity contribution is 5.82. The number of benzene rings is 2. The van der Waals surface area contributed by atoms with Gasteiger partial charge in [-0.1, -0.05) is 12.1 Å². The van der Waals surface area contributed by atoms with E-state index in [2.05, 4.69) is 10.6 Å². The summed E-state index contributed by atoms with van der Waals surface area (Å²) in [5.74, 6) is -1.18. The van der Waals surface area contributed by atoms with Crippen molar-refractivity contribution in [1.29, 1.82) is 0 Å². The number of aliphatic hydroxyl groups is 4. The Kier molecular flexibility index (Phi) is 12.5. The number of phenols is 2. The molecule has 2 amide bonds. The number of phenolic OH excluding ortho intramolecular Hbond substituents is 2. The number of aromatic hydroxyl groups is 2. The summed E-state index contributed by atoms with van der Waals surface area (Å²) in [6.07, 6.45) is -11.4. The number of hydrogen-bond donors (Lipinski definition) is 9. The minimum absolute atomic E-state index is 0.0119. The van der Waals surface area contributed by atoms with Gasteiger partial charge in [0.25, 0.3) is 5.91 Å². The van der Waals surface area contributed by atoms with Crippen molar-refractivity contribution < 1.29 is 59.2 Å². The fraction of sp³-hybridized carbons (Fsp3) is 0.562. The molecule has 47 heavy (non-hydrogen) atoms. The number of nitrogens with one attached hydrogen (secondary N) is 2. The number of nitrogens with two attached hydrogens (primary N) is 1. The van der Waals surface area contributed by atoms with Crippen molar-refractivity contribution in [3.05, 3.63) is 47.5 Å². The Hall–Kier alpha value is -3.38. The van der Waals surface area contributed by atoms with Crippen LogP contribution in [-0.2, 0) is 41.4 Å². The maximum Gasteiger partial charge on any atom is 0.252 e. The minimum Gasteiger partial charge on any atom is -0.507 e. The Balaban J connectivity index is 1.46. The van der Waals surface area contributed by atoms with Crippen LogP contribution in [0.25, 0.3) is 11.1 Å². The highest BCUT2D eigenvalue weighted by Gasteiger charge is 2.52. The number of ether oxygens (including phenoxy) is 4. The lowest BCUT2D eigenvalue weighted by Crippen LogP contribution is -2.68.